The topological polar surface area (TPSA) is 15.4 Å². The maximum atomic E-state index is 3.98. The highest BCUT2D eigenvalue weighted by atomic mass is 15.3. The van der Waals surface area contributed by atoms with E-state index in [0.717, 1.165) is 13.1 Å². The van der Waals surface area contributed by atoms with E-state index < -0.39 is 0 Å². The summed E-state index contributed by atoms with van der Waals surface area (Å²) in [5.74, 6) is 0. The molecule has 0 bridgehead atoms. The van der Waals surface area contributed by atoms with Gasteiger partial charge in [0.05, 0.1) is 0 Å². The van der Waals surface area contributed by atoms with Crippen molar-refractivity contribution < 1.29 is 0 Å². The fourth-order valence-electron chi connectivity index (χ4n) is 1.43. The molecular weight excluding hydrogens is 172 g/mol. The second-order valence-corrected chi connectivity index (χ2v) is 3.31. The molecule has 0 N–H and O–H groups in total. The van der Waals surface area contributed by atoms with Crippen molar-refractivity contribution in [2.75, 3.05) is 20.1 Å². The molecule has 72 valence electrons. The van der Waals surface area contributed by atoms with Crippen LogP contribution >= 0.6 is 0 Å². The lowest BCUT2D eigenvalue weighted by Crippen LogP contribution is -1.96. The second kappa shape index (κ2) is 4.09. The summed E-state index contributed by atoms with van der Waals surface area (Å²) in [5, 5.41) is 0. The number of aliphatic imine (C=N–C) groups is 1. The summed E-state index contributed by atoms with van der Waals surface area (Å²) in [5.41, 5.74) is 2.54. The zero-order valence-electron chi connectivity index (χ0n) is 8.35. The van der Waals surface area contributed by atoms with Gasteiger partial charge in [-0.05, 0) is 11.6 Å². The first-order chi connectivity index (χ1) is 6.92. The Kier molecular flexibility index (Phi) is 2.63. The van der Waals surface area contributed by atoms with E-state index in [-0.39, 0.29) is 0 Å². The fourth-order valence-corrected chi connectivity index (χ4v) is 1.43. The molecule has 0 radical (unpaired) electrons. The van der Waals surface area contributed by atoms with Crippen LogP contribution in [0, 0.1) is 0 Å². The third kappa shape index (κ3) is 2.02. The Balaban J connectivity index is 2.27. The molecule has 1 aliphatic rings. The van der Waals surface area contributed by atoms with Gasteiger partial charge in [0.15, 0.2) is 0 Å². The molecule has 2 nitrogen and oxygen atoms in total. The maximum absolute atomic E-state index is 3.98. The van der Waals surface area contributed by atoms with Gasteiger partial charge in [0.25, 0.3) is 0 Å². The summed E-state index contributed by atoms with van der Waals surface area (Å²) in [6, 6.07) is 10.4. The predicted octanol–water partition coefficient (Wildman–Crippen LogP) is 2.04. The molecule has 0 atom stereocenters. The van der Waals surface area contributed by atoms with Gasteiger partial charge in [-0.3, -0.25) is 4.99 Å². The van der Waals surface area contributed by atoms with E-state index in [1.807, 2.05) is 12.3 Å². The average molecular weight is 186 g/mol. The van der Waals surface area contributed by atoms with Crippen LogP contribution in [0.1, 0.15) is 5.56 Å². The Bertz CT molecular complexity index is 348. The highest BCUT2D eigenvalue weighted by molar-refractivity contribution is 5.84. The van der Waals surface area contributed by atoms with E-state index >= 15 is 0 Å². The van der Waals surface area contributed by atoms with Gasteiger partial charge in [0, 0.05) is 32.0 Å². The number of allylic oxidation sites excluding steroid dienone is 1. The van der Waals surface area contributed by atoms with Crippen LogP contribution in [0.15, 0.2) is 41.4 Å². The van der Waals surface area contributed by atoms with Crippen molar-refractivity contribution in [3.05, 3.63) is 42.0 Å². The first-order valence-corrected chi connectivity index (χ1v) is 4.84. The van der Waals surface area contributed by atoms with Gasteiger partial charge in [-0.1, -0.05) is 30.3 Å². The van der Waals surface area contributed by atoms with Crippen molar-refractivity contribution in [1.82, 2.24) is 4.90 Å². The van der Waals surface area contributed by atoms with Crippen LogP contribution in [0.2, 0.25) is 0 Å². The van der Waals surface area contributed by atoms with Crippen molar-refractivity contribution in [2.45, 2.75) is 0 Å². The summed E-state index contributed by atoms with van der Waals surface area (Å²) in [6.45, 7) is 2.33. The second-order valence-electron chi connectivity index (χ2n) is 3.31. The molecule has 1 aromatic carbocycles. The summed E-state index contributed by atoms with van der Waals surface area (Å²) in [6.07, 6.45) is 3.92. The normalized spacial score (nSPS) is 16.4. The molecule has 1 saturated heterocycles. The Hall–Kier alpha value is -1.57. The Morgan fingerprint density at radius 1 is 1.29 bits per heavy atom. The van der Waals surface area contributed by atoms with Crippen LogP contribution in [-0.2, 0) is 0 Å². The minimum absolute atomic E-state index is 1.16. The molecule has 0 aliphatic carbocycles. The lowest BCUT2D eigenvalue weighted by molar-refractivity contribution is 0.806. The van der Waals surface area contributed by atoms with Gasteiger partial charge in [-0.15, -0.1) is 0 Å². The van der Waals surface area contributed by atoms with E-state index in [0.29, 0.717) is 0 Å². The molecule has 0 spiro atoms. The van der Waals surface area contributed by atoms with Crippen LogP contribution in [0.4, 0.5) is 0 Å². The molecule has 0 aromatic heterocycles. The van der Waals surface area contributed by atoms with Crippen LogP contribution in [0.3, 0.4) is 0 Å². The third-order valence-electron chi connectivity index (χ3n) is 2.24. The molecule has 1 aliphatic heterocycles. The molecular formula is C12H14N2. The van der Waals surface area contributed by atoms with Crippen molar-refractivity contribution in [1.29, 1.82) is 0 Å². The molecule has 0 unspecified atom stereocenters. The van der Waals surface area contributed by atoms with Gasteiger partial charge in [0.1, 0.15) is 0 Å². The largest absolute Gasteiger partial charge is 0.367 e. The summed E-state index contributed by atoms with van der Waals surface area (Å²) >= 11 is 0. The molecule has 14 heavy (non-hydrogen) atoms. The average Bonchev–Trinajstić information content (AvgIpc) is 3.04. The van der Waals surface area contributed by atoms with Crippen LogP contribution in [0.5, 0.6) is 0 Å². The quantitative estimate of drug-likeness (QED) is 0.521. The van der Waals surface area contributed by atoms with Crippen molar-refractivity contribution in [3.63, 3.8) is 0 Å². The van der Waals surface area contributed by atoms with Crippen molar-refractivity contribution >= 4 is 11.9 Å². The molecule has 1 fully saturated rings. The van der Waals surface area contributed by atoms with Crippen molar-refractivity contribution in [2.24, 2.45) is 4.99 Å². The first-order valence-electron chi connectivity index (χ1n) is 4.84. The predicted molar refractivity (Wildman–Crippen MR) is 60.4 cm³/mol. The first kappa shape index (κ1) is 9.00. The zero-order valence-corrected chi connectivity index (χ0v) is 8.35. The van der Waals surface area contributed by atoms with Gasteiger partial charge in [-0.2, -0.15) is 0 Å². The maximum Gasteiger partial charge on any atom is 0.0456 e. The van der Waals surface area contributed by atoms with Crippen LogP contribution in [0.25, 0.3) is 5.70 Å². The Labute approximate surface area is 84.6 Å². The van der Waals surface area contributed by atoms with Crippen LogP contribution in [-0.4, -0.2) is 31.3 Å². The lowest BCUT2D eigenvalue weighted by atomic mass is 10.1. The van der Waals surface area contributed by atoms with E-state index in [1.165, 1.54) is 11.3 Å². The fraction of sp³-hybridized carbons (Fsp3) is 0.250. The minimum Gasteiger partial charge on any atom is -0.367 e. The highest BCUT2D eigenvalue weighted by Crippen LogP contribution is 2.24. The van der Waals surface area contributed by atoms with Gasteiger partial charge in [0.2, 0.25) is 0 Å². The number of nitrogens with zero attached hydrogens (tertiary/aromatic N) is 2. The highest BCUT2D eigenvalue weighted by Gasteiger charge is 2.20. The standard InChI is InChI=1S/C12H14N2/c1-13-8-7-12(14-9-10-14)11-5-3-2-4-6-11/h2-8H,9-10H2,1H3. The number of benzene rings is 1. The smallest absolute Gasteiger partial charge is 0.0456 e. The molecule has 2 rings (SSSR count). The molecule has 0 amide bonds. The van der Waals surface area contributed by atoms with E-state index in [9.17, 15) is 0 Å². The SMILES string of the molecule is CN=CC=C(c1ccccc1)N1CC1. The summed E-state index contributed by atoms with van der Waals surface area (Å²) < 4.78 is 0. The lowest BCUT2D eigenvalue weighted by Gasteiger charge is -2.07. The number of rotatable bonds is 3. The monoisotopic (exact) mass is 186 g/mol. The Morgan fingerprint density at radius 2 is 2.00 bits per heavy atom. The van der Waals surface area contributed by atoms with E-state index in [2.05, 4.69) is 40.2 Å². The third-order valence-corrected chi connectivity index (χ3v) is 2.24. The zero-order chi connectivity index (χ0) is 9.80. The number of hydrogen-bond acceptors (Lipinski definition) is 2. The van der Waals surface area contributed by atoms with Gasteiger partial charge < -0.3 is 4.90 Å². The van der Waals surface area contributed by atoms with E-state index in [4.69, 9.17) is 0 Å². The Morgan fingerprint density at radius 3 is 2.57 bits per heavy atom. The molecule has 1 aromatic rings. The van der Waals surface area contributed by atoms with Gasteiger partial charge >= 0.3 is 0 Å². The summed E-state index contributed by atoms with van der Waals surface area (Å²) in [7, 11) is 1.79. The van der Waals surface area contributed by atoms with Crippen molar-refractivity contribution in [3.8, 4) is 0 Å². The van der Waals surface area contributed by atoms with Gasteiger partial charge in [-0.25, -0.2) is 0 Å². The molecule has 0 saturated carbocycles. The minimum atomic E-state index is 1.16. The van der Waals surface area contributed by atoms with Crippen LogP contribution < -0.4 is 0 Å². The molecule has 2 heteroatoms. The summed E-state index contributed by atoms with van der Waals surface area (Å²) in [4.78, 5) is 6.31. The molecule has 1 heterocycles. The van der Waals surface area contributed by atoms with E-state index in [1.54, 1.807) is 7.05 Å². The number of hydrogen-bond donors (Lipinski definition) is 0.